The number of nitro benzene ring substituents is 1. The molecule has 0 radical (unpaired) electrons. The highest BCUT2D eigenvalue weighted by atomic mass is 16.6. The van der Waals surface area contributed by atoms with Crippen LogP contribution in [-0.4, -0.2) is 17.5 Å². The summed E-state index contributed by atoms with van der Waals surface area (Å²) in [5.74, 6) is -0.717. The van der Waals surface area contributed by atoms with Gasteiger partial charge in [-0.3, -0.25) is 14.9 Å². The standard InChI is InChI=1S/C15H21NO4/c1-3-5-6-10-14(15(17)20-4-2)12-8-7-9-13(11-12)16(18)19/h7-9,11,14H,3-6,10H2,1-2H3/t14-/m0/s1. The smallest absolute Gasteiger partial charge is 0.313 e. The molecule has 0 saturated heterocycles. The maximum absolute atomic E-state index is 12.0. The zero-order valence-corrected chi connectivity index (χ0v) is 12.0. The van der Waals surface area contributed by atoms with Gasteiger partial charge >= 0.3 is 5.97 Å². The molecule has 0 aromatic heterocycles. The molecular formula is C15H21NO4. The highest BCUT2D eigenvalue weighted by Gasteiger charge is 2.23. The molecule has 110 valence electrons. The lowest BCUT2D eigenvalue weighted by Crippen LogP contribution is -2.16. The van der Waals surface area contributed by atoms with Crippen LogP contribution in [0.5, 0.6) is 0 Å². The van der Waals surface area contributed by atoms with E-state index >= 15 is 0 Å². The van der Waals surface area contributed by atoms with Gasteiger partial charge in [0.1, 0.15) is 0 Å². The summed E-state index contributed by atoms with van der Waals surface area (Å²) in [6, 6.07) is 6.26. The van der Waals surface area contributed by atoms with Gasteiger partial charge in [-0.15, -0.1) is 0 Å². The summed E-state index contributed by atoms with van der Waals surface area (Å²) < 4.78 is 5.08. The molecule has 0 aliphatic heterocycles. The first-order valence-corrected chi connectivity index (χ1v) is 7.01. The molecule has 0 amide bonds. The van der Waals surface area contributed by atoms with Crippen LogP contribution < -0.4 is 0 Å². The number of benzene rings is 1. The van der Waals surface area contributed by atoms with Crippen molar-refractivity contribution in [1.29, 1.82) is 0 Å². The Bertz CT molecular complexity index is 459. The van der Waals surface area contributed by atoms with Crippen LogP contribution in [0.4, 0.5) is 5.69 Å². The minimum atomic E-state index is -0.447. The Hall–Kier alpha value is -1.91. The van der Waals surface area contributed by atoms with E-state index < -0.39 is 10.8 Å². The molecule has 1 aromatic carbocycles. The number of unbranched alkanes of at least 4 members (excludes halogenated alkanes) is 2. The van der Waals surface area contributed by atoms with Crippen LogP contribution in [0.25, 0.3) is 0 Å². The van der Waals surface area contributed by atoms with Crippen molar-refractivity contribution < 1.29 is 14.5 Å². The Kier molecular flexibility index (Phi) is 6.70. The van der Waals surface area contributed by atoms with E-state index in [0.717, 1.165) is 19.3 Å². The second-order valence-electron chi connectivity index (χ2n) is 4.65. The molecule has 0 aliphatic carbocycles. The summed E-state index contributed by atoms with van der Waals surface area (Å²) in [6.45, 7) is 4.17. The molecule has 0 saturated carbocycles. The third-order valence-electron chi connectivity index (χ3n) is 3.15. The molecular weight excluding hydrogens is 258 g/mol. The zero-order valence-electron chi connectivity index (χ0n) is 12.0. The van der Waals surface area contributed by atoms with Crippen LogP contribution in [0.1, 0.15) is 51.0 Å². The normalized spacial score (nSPS) is 11.9. The van der Waals surface area contributed by atoms with Crippen molar-refractivity contribution in [2.45, 2.75) is 45.4 Å². The van der Waals surface area contributed by atoms with Gasteiger partial charge in [0.05, 0.1) is 17.4 Å². The van der Waals surface area contributed by atoms with Gasteiger partial charge in [-0.1, -0.05) is 38.3 Å². The Morgan fingerprint density at radius 3 is 2.70 bits per heavy atom. The largest absolute Gasteiger partial charge is 0.466 e. The molecule has 5 nitrogen and oxygen atoms in total. The molecule has 0 N–H and O–H groups in total. The Morgan fingerprint density at radius 2 is 2.10 bits per heavy atom. The number of hydrogen-bond donors (Lipinski definition) is 0. The number of non-ortho nitro benzene ring substituents is 1. The lowest BCUT2D eigenvalue weighted by atomic mass is 9.93. The van der Waals surface area contributed by atoms with E-state index in [4.69, 9.17) is 4.74 Å². The van der Waals surface area contributed by atoms with Crippen molar-refractivity contribution in [2.24, 2.45) is 0 Å². The highest BCUT2D eigenvalue weighted by molar-refractivity contribution is 5.78. The number of nitrogens with zero attached hydrogens (tertiary/aromatic N) is 1. The summed E-state index contributed by atoms with van der Waals surface area (Å²) in [5, 5.41) is 10.8. The number of carbonyl (C=O) groups excluding carboxylic acids is 1. The summed E-state index contributed by atoms with van der Waals surface area (Å²) in [7, 11) is 0. The van der Waals surface area contributed by atoms with Gasteiger partial charge in [0.25, 0.3) is 5.69 Å². The fraction of sp³-hybridized carbons (Fsp3) is 0.533. The maximum Gasteiger partial charge on any atom is 0.313 e. The zero-order chi connectivity index (χ0) is 15.0. The van der Waals surface area contributed by atoms with Crippen LogP contribution in [0.3, 0.4) is 0 Å². The average molecular weight is 279 g/mol. The van der Waals surface area contributed by atoms with Gasteiger partial charge in [-0.25, -0.2) is 0 Å². The first-order chi connectivity index (χ1) is 9.60. The van der Waals surface area contributed by atoms with Crippen molar-refractivity contribution in [3.05, 3.63) is 39.9 Å². The SMILES string of the molecule is CCCCC[C@H](C(=O)OCC)c1cccc([N+](=O)[O-])c1. The molecule has 1 rings (SSSR count). The number of nitro groups is 1. The summed E-state index contributed by atoms with van der Waals surface area (Å²) >= 11 is 0. The number of esters is 1. The number of rotatable bonds is 8. The predicted molar refractivity (Wildman–Crippen MR) is 76.6 cm³/mol. The average Bonchev–Trinajstić information content (AvgIpc) is 2.44. The topological polar surface area (TPSA) is 69.4 Å². The van der Waals surface area contributed by atoms with E-state index in [1.807, 2.05) is 0 Å². The van der Waals surface area contributed by atoms with Crippen molar-refractivity contribution >= 4 is 11.7 Å². The molecule has 0 fully saturated rings. The van der Waals surface area contributed by atoms with Crippen molar-refractivity contribution in [3.63, 3.8) is 0 Å². The molecule has 0 aliphatic rings. The van der Waals surface area contributed by atoms with Crippen LogP contribution >= 0.6 is 0 Å². The van der Waals surface area contributed by atoms with Crippen molar-refractivity contribution in [2.75, 3.05) is 6.61 Å². The van der Waals surface area contributed by atoms with Crippen LogP contribution in [0.2, 0.25) is 0 Å². The molecule has 0 unspecified atom stereocenters. The van der Waals surface area contributed by atoms with Gasteiger partial charge < -0.3 is 4.74 Å². The molecule has 1 aromatic rings. The van der Waals surface area contributed by atoms with E-state index in [1.54, 1.807) is 19.1 Å². The minimum Gasteiger partial charge on any atom is -0.466 e. The fourth-order valence-electron chi connectivity index (χ4n) is 2.12. The van der Waals surface area contributed by atoms with Gasteiger partial charge in [0.15, 0.2) is 0 Å². The second-order valence-corrected chi connectivity index (χ2v) is 4.65. The first kappa shape index (κ1) is 16.1. The maximum atomic E-state index is 12.0. The van der Waals surface area contributed by atoms with Crippen LogP contribution in [0, 0.1) is 10.1 Å². The summed E-state index contributed by atoms with van der Waals surface area (Å²) in [6.07, 6.45) is 3.66. The first-order valence-electron chi connectivity index (χ1n) is 7.01. The summed E-state index contributed by atoms with van der Waals surface area (Å²) in [4.78, 5) is 22.4. The quantitative estimate of drug-likeness (QED) is 0.314. The second kappa shape index (κ2) is 8.30. The molecule has 5 heteroatoms. The molecule has 0 spiro atoms. The van der Waals surface area contributed by atoms with Gasteiger partial charge in [0, 0.05) is 12.1 Å². The van der Waals surface area contributed by atoms with E-state index in [1.165, 1.54) is 12.1 Å². The van der Waals surface area contributed by atoms with Crippen LogP contribution in [-0.2, 0) is 9.53 Å². The Balaban J connectivity index is 2.93. The van der Waals surface area contributed by atoms with E-state index in [0.29, 0.717) is 18.6 Å². The van der Waals surface area contributed by atoms with E-state index in [-0.39, 0.29) is 11.7 Å². The van der Waals surface area contributed by atoms with Crippen molar-refractivity contribution in [1.82, 2.24) is 0 Å². The summed E-state index contributed by atoms with van der Waals surface area (Å²) in [5.41, 5.74) is 0.668. The van der Waals surface area contributed by atoms with Crippen LogP contribution in [0.15, 0.2) is 24.3 Å². The van der Waals surface area contributed by atoms with E-state index in [2.05, 4.69) is 6.92 Å². The highest BCUT2D eigenvalue weighted by Crippen LogP contribution is 2.27. The van der Waals surface area contributed by atoms with E-state index in [9.17, 15) is 14.9 Å². The Morgan fingerprint density at radius 1 is 1.35 bits per heavy atom. The molecule has 0 heterocycles. The molecule has 0 bridgehead atoms. The van der Waals surface area contributed by atoms with Gasteiger partial charge in [-0.2, -0.15) is 0 Å². The third kappa shape index (κ3) is 4.64. The fourth-order valence-corrected chi connectivity index (χ4v) is 2.12. The van der Waals surface area contributed by atoms with Gasteiger partial charge in [-0.05, 0) is 18.9 Å². The monoisotopic (exact) mass is 279 g/mol. The van der Waals surface area contributed by atoms with Crippen molar-refractivity contribution in [3.8, 4) is 0 Å². The Labute approximate surface area is 119 Å². The number of hydrogen-bond acceptors (Lipinski definition) is 4. The number of carbonyl (C=O) groups is 1. The molecule has 1 atom stereocenters. The third-order valence-corrected chi connectivity index (χ3v) is 3.15. The lowest BCUT2D eigenvalue weighted by molar-refractivity contribution is -0.384. The lowest BCUT2D eigenvalue weighted by Gasteiger charge is -2.15. The van der Waals surface area contributed by atoms with Gasteiger partial charge in [0.2, 0.25) is 0 Å². The minimum absolute atomic E-state index is 0.00675. The predicted octanol–water partition coefficient (Wildman–Crippen LogP) is 3.82. The number of ether oxygens (including phenoxy) is 1. The molecule has 20 heavy (non-hydrogen) atoms.